The van der Waals surface area contributed by atoms with Gasteiger partial charge in [0.05, 0.1) is 0 Å². The number of hydrogen-bond acceptors (Lipinski definition) is 2. The predicted octanol–water partition coefficient (Wildman–Crippen LogP) is 1.49. The second kappa shape index (κ2) is 3.14. The van der Waals surface area contributed by atoms with E-state index in [9.17, 15) is 0 Å². The van der Waals surface area contributed by atoms with Crippen LogP contribution in [0.5, 0.6) is 0 Å². The standard InChI is InChI=1S/C8H15NS/c1-2-7(3-1)8-6-10-5-4-9-8/h7-9H,1-6H2/t8-/m0/s1. The van der Waals surface area contributed by atoms with Crippen molar-refractivity contribution < 1.29 is 0 Å². The first-order valence-corrected chi connectivity index (χ1v) is 5.43. The first kappa shape index (κ1) is 6.99. The fourth-order valence-corrected chi connectivity index (χ4v) is 2.80. The van der Waals surface area contributed by atoms with Crippen LogP contribution in [0.25, 0.3) is 0 Å². The Morgan fingerprint density at radius 1 is 1.30 bits per heavy atom. The van der Waals surface area contributed by atoms with Crippen LogP contribution in [0.2, 0.25) is 0 Å². The Kier molecular flexibility index (Phi) is 2.19. The van der Waals surface area contributed by atoms with Crippen LogP contribution in [0.1, 0.15) is 19.3 Å². The van der Waals surface area contributed by atoms with Crippen LogP contribution < -0.4 is 5.32 Å². The van der Waals surface area contributed by atoms with Gasteiger partial charge in [-0.25, -0.2) is 0 Å². The van der Waals surface area contributed by atoms with Crippen molar-refractivity contribution in [2.24, 2.45) is 5.92 Å². The molecule has 2 fully saturated rings. The number of hydrogen-bond donors (Lipinski definition) is 1. The lowest BCUT2D eigenvalue weighted by Gasteiger charge is -2.36. The van der Waals surface area contributed by atoms with Crippen LogP contribution in [0.15, 0.2) is 0 Å². The van der Waals surface area contributed by atoms with E-state index < -0.39 is 0 Å². The second-order valence-electron chi connectivity index (χ2n) is 3.33. The summed E-state index contributed by atoms with van der Waals surface area (Å²) >= 11 is 2.12. The lowest BCUT2D eigenvalue weighted by atomic mass is 9.80. The molecule has 1 saturated carbocycles. The zero-order valence-corrected chi connectivity index (χ0v) is 7.12. The van der Waals surface area contributed by atoms with Crippen molar-refractivity contribution in [2.45, 2.75) is 25.3 Å². The summed E-state index contributed by atoms with van der Waals surface area (Å²) in [4.78, 5) is 0. The number of thioether (sulfide) groups is 1. The minimum atomic E-state index is 0.868. The lowest BCUT2D eigenvalue weighted by Crippen LogP contribution is -2.45. The molecule has 1 N–H and O–H groups in total. The quantitative estimate of drug-likeness (QED) is 0.619. The number of nitrogens with one attached hydrogen (secondary N) is 1. The molecule has 0 bridgehead atoms. The SMILES string of the molecule is C1CC([C@@H]2CSCCN2)C1. The third kappa shape index (κ3) is 1.32. The summed E-state index contributed by atoms with van der Waals surface area (Å²) in [6, 6.07) is 0.868. The van der Waals surface area contributed by atoms with Gasteiger partial charge in [0, 0.05) is 24.1 Å². The zero-order valence-electron chi connectivity index (χ0n) is 6.31. The van der Waals surface area contributed by atoms with Crippen LogP contribution in [0.3, 0.4) is 0 Å². The molecule has 1 heterocycles. The van der Waals surface area contributed by atoms with E-state index in [4.69, 9.17) is 0 Å². The Hall–Kier alpha value is 0.310. The third-order valence-corrected chi connectivity index (χ3v) is 3.76. The Morgan fingerprint density at radius 2 is 2.20 bits per heavy atom. The average Bonchev–Trinajstić information content (AvgIpc) is 1.86. The summed E-state index contributed by atoms with van der Waals surface area (Å²) < 4.78 is 0. The lowest BCUT2D eigenvalue weighted by molar-refractivity contribution is 0.244. The Labute approximate surface area is 67.0 Å². The largest absolute Gasteiger partial charge is 0.312 e. The molecule has 0 amide bonds. The summed E-state index contributed by atoms with van der Waals surface area (Å²) in [7, 11) is 0. The summed E-state index contributed by atoms with van der Waals surface area (Å²) in [6.45, 7) is 1.24. The van der Waals surface area contributed by atoms with Crippen LogP contribution in [0.4, 0.5) is 0 Å². The fourth-order valence-electron chi connectivity index (χ4n) is 1.73. The van der Waals surface area contributed by atoms with Gasteiger partial charge in [-0.3, -0.25) is 0 Å². The van der Waals surface area contributed by atoms with E-state index in [1.807, 2.05) is 0 Å². The molecule has 0 unspecified atom stereocenters. The summed E-state index contributed by atoms with van der Waals surface area (Å²) in [5.74, 6) is 3.72. The second-order valence-corrected chi connectivity index (χ2v) is 4.48. The molecule has 1 atom stereocenters. The van der Waals surface area contributed by atoms with Gasteiger partial charge in [0.15, 0.2) is 0 Å². The molecule has 2 aliphatic rings. The van der Waals surface area contributed by atoms with Crippen LogP contribution >= 0.6 is 11.8 Å². The molecule has 1 aliphatic heterocycles. The molecule has 0 radical (unpaired) electrons. The molecular formula is C8H15NS. The maximum atomic E-state index is 3.60. The Morgan fingerprint density at radius 3 is 2.70 bits per heavy atom. The molecule has 2 rings (SSSR count). The topological polar surface area (TPSA) is 12.0 Å². The van der Waals surface area contributed by atoms with E-state index in [-0.39, 0.29) is 0 Å². The molecule has 1 nitrogen and oxygen atoms in total. The van der Waals surface area contributed by atoms with Crippen molar-refractivity contribution >= 4 is 11.8 Å². The van der Waals surface area contributed by atoms with E-state index in [2.05, 4.69) is 17.1 Å². The minimum absolute atomic E-state index is 0.868. The highest BCUT2D eigenvalue weighted by Gasteiger charge is 2.27. The van der Waals surface area contributed by atoms with Gasteiger partial charge in [0.2, 0.25) is 0 Å². The third-order valence-electron chi connectivity index (χ3n) is 2.67. The molecule has 2 heteroatoms. The highest BCUT2D eigenvalue weighted by molar-refractivity contribution is 7.99. The zero-order chi connectivity index (χ0) is 6.81. The Balaban J connectivity index is 1.78. The van der Waals surface area contributed by atoms with E-state index >= 15 is 0 Å². The normalized spacial score (nSPS) is 35.4. The maximum absolute atomic E-state index is 3.60. The molecule has 0 aromatic heterocycles. The van der Waals surface area contributed by atoms with E-state index in [1.165, 1.54) is 37.3 Å². The smallest absolute Gasteiger partial charge is 0.0186 e. The van der Waals surface area contributed by atoms with Crippen molar-refractivity contribution in [3.8, 4) is 0 Å². The van der Waals surface area contributed by atoms with Crippen molar-refractivity contribution in [2.75, 3.05) is 18.1 Å². The molecular weight excluding hydrogens is 142 g/mol. The molecule has 0 aromatic carbocycles. The van der Waals surface area contributed by atoms with Gasteiger partial charge in [-0.15, -0.1) is 0 Å². The molecule has 58 valence electrons. The van der Waals surface area contributed by atoms with E-state index in [1.54, 1.807) is 0 Å². The van der Waals surface area contributed by atoms with Crippen molar-refractivity contribution in [3.05, 3.63) is 0 Å². The van der Waals surface area contributed by atoms with E-state index in [0.29, 0.717) is 0 Å². The van der Waals surface area contributed by atoms with Gasteiger partial charge in [-0.2, -0.15) is 11.8 Å². The number of rotatable bonds is 1. The van der Waals surface area contributed by atoms with Crippen LogP contribution in [-0.4, -0.2) is 24.1 Å². The molecule has 10 heavy (non-hydrogen) atoms. The first-order chi connectivity index (χ1) is 4.97. The predicted molar refractivity (Wildman–Crippen MR) is 46.5 cm³/mol. The molecule has 0 spiro atoms. The summed E-state index contributed by atoms with van der Waals surface area (Å²) in [6.07, 6.45) is 4.45. The molecule has 0 aromatic rings. The highest BCUT2D eigenvalue weighted by Crippen LogP contribution is 2.31. The van der Waals surface area contributed by atoms with Crippen molar-refractivity contribution in [1.82, 2.24) is 5.32 Å². The summed E-state index contributed by atoms with van der Waals surface area (Å²) in [5.41, 5.74) is 0. The van der Waals surface area contributed by atoms with Gasteiger partial charge in [0.1, 0.15) is 0 Å². The average molecular weight is 157 g/mol. The monoisotopic (exact) mass is 157 g/mol. The van der Waals surface area contributed by atoms with Gasteiger partial charge in [0.25, 0.3) is 0 Å². The van der Waals surface area contributed by atoms with Crippen molar-refractivity contribution in [1.29, 1.82) is 0 Å². The van der Waals surface area contributed by atoms with Gasteiger partial charge in [-0.1, -0.05) is 6.42 Å². The van der Waals surface area contributed by atoms with Crippen molar-refractivity contribution in [3.63, 3.8) is 0 Å². The Bertz CT molecular complexity index is 106. The maximum Gasteiger partial charge on any atom is 0.0186 e. The fraction of sp³-hybridized carbons (Fsp3) is 1.00. The minimum Gasteiger partial charge on any atom is -0.312 e. The summed E-state index contributed by atoms with van der Waals surface area (Å²) in [5, 5.41) is 3.60. The first-order valence-electron chi connectivity index (χ1n) is 4.28. The van der Waals surface area contributed by atoms with Gasteiger partial charge < -0.3 is 5.32 Å². The van der Waals surface area contributed by atoms with Crippen LogP contribution in [-0.2, 0) is 0 Å². The van der Waals surface area contributed by atoms with E-state index in [0.717, 1.165) is 12.0 Å². The van der Waals surface area contributed by atoms with Crippen LogP contribution in [0, 0.1) is 5.92 Å². The highest BCUT2D eigenvalue weighted by atomic mass is 32.2. The van der Waals surface area contributed by atoms with Gasteiger partial charge in [-0.05, 0) is 18.8 Å². The van der Waals surface area contributed by atoms with Gasteiger partial charge >= 0.3 is 0 Å². The molecule has 1 saturated heterocycles. The molecule has 1 aliphatic carbocycles.